The SMILES string of the molecule is CCOc1ccc(C2C(C(=O)c3ccco3)=C(O)C(=O)N2Cc2ccco2)cc1OC. The summed E-state index contributed by atoms with van der Waals surface area (Å²) in [5.74, 6) is -0.359. The lowest BCUT2D eigenvalue weighted by Crippen LogP contribution is -2.30. The van der Waals surface area contributed by atoms with Crippen molar-refractivity contribution < 1.29 is 33.0 Å². The number of ether oxygens (including phenoxy) is 2. The minimum Gasteiger partial charge on any atom is -0.503 e. The molecule has 0 saturated carbocycles. The molecule has 2 aromatic heterocycles. The zero-order valence-electron chi connectivity index (χ0n) is 17.0. The number of furan rings is 2. The molecule has 8 heteroatoms. The molecular weight excluding hydrogens is 402 g/mol. The van der Waals surface area contributed by atoms with Crippen LogP contribution in [0.3, 0.4) is 0 Å². The first-order valence-electron chi connectivity index (χ1n) is 9.70. The summed E-state index contributed by atoms with van der Waals surface area (Å²) in [6, 6.07) is 10.7. The molecule has 0 radical (unpaired) electrons. The quantitative estimate of drug-likeness (QED) is 0.545. The maximum absolute atomic E-state index is 13.1. The molecule has 0 fully saturated rings. The van der Waals surface area contributed by atoms with E-state index in [0.29, 0.717) is 29.4 Å². The maximum Gasteiger partial charge on any atom is 0.290 e. The number of amides is 1. The van der Waals surface area contributed by atoms with Gasteiger partial charge >= 0.3 is 0 Å². The van der Waals surface area contributed by atoms with Crippen LogP contribution in [0.5, 0.6) is 11.5 Å². The van der Waals surface area contributed by atoms with Gasteiger partial charge in [-0.05, 0) is 48.9 Å². The van der Waals surface area contributed by atoms with Gasteiger partial charge in [-0.3, -0.25) is 9.59 Å². The van der Waals surface area contributed by atoms with Gasteiger partial charge in [-0.15, -0.1) is 0 Å². The molecular formula is C23H21NO7. The van der Waals surface area contributed by atoms with Crippen molar-refractivity contribution in [2.45, 2.75) is 19.5 Å². The summed E-state index contributed by atoms with van der Waals surface area (Å²) in [6.45, 7) is 2.37. The van der Waals surface area contributed by atoms with Gasteiger partial charge in [0.15, 0.2) is 23.0 Å². The van der Waals surface area contributed by atoms with Crippen molar-refractivity contribution in [1.29, 1.82) is 0 Å². The van der Waals surface area contributed by atoms with Crippen LogP contribution < -0.4 is 9.47 Å². The standard InChI is InChI=1S/C23H21NO7/c1-3-29-16-9-8-14(12-18(16)28-2)20-19(21(25)17-7-5-11-31-17)22(26)23(27)24(20)13-15-6-4-10-30-15/h4-12,20,26H,3,13H2,1-2H3. The Balaban J connectivity index is 1.81. The number of Topliss-reactive ketones (excluding diaryl/α,β-unsaturated/α-hetero) is 1. The van der Waals surface area contributed by atoms with Gasteiger partial charge in [0.2, 0.25) is 5.78 Å². The predicted octanol–water partition coefficient (Wildman–Crippen LogP) is 4.06. The van der Waals surface area contributed by atoms with Gasteiger partial charge in [0.05, 0.1) is 44.4 Å². The summed E-state index contributed by atoms with van der Waals surface area (Å²) < 4.78 is 21.6. The van der Waals surface area contributed by atoms with E-state index in [1.807, 2.05) is 6.92 Å². The van der Waals surface area contributed by atoms with Gasteiger partial charge in [0.25, 0.3) is 5.91 Å². The van der Waals surface area contributed by atoms with Gasteiger partial charge in [-0.1, -0.05) is 6.07 Å². The third-order valence-corrected chi connectivity index (χ3v) is 5.00. The number of methoxy groups -OCH3 is 1. The summed E-state index contributed by atoms with van der Waals surface area (Å²) in [6.07, 6.45) is 2.85. The van der Waals surface area contributed by atoms with Crippen LogP contribution in [0, 0.1) is 0 Å². The van der Waals surface area contributed by atoms with Crippen molar-refractivity contribution >= 4 is 11.7 Å². The molecule has 0 aliphatic carbocycles. The van der Waals surface area contributed by atoms with Crippen LogP contribution in [-0.2, 0) is 11.3 Å². The lowest BCUT2D eigenvalue weighted by Gasteiger charge is -2.26. The molecule has 0 spiro atoms. The summed E-state index contributed by atoms with van der Waals surface area (Å²) in [5, 5.41) is 10.7. The van der Waals surface area contributed by atoms with E-state index in [-0.39, 0.29) is 17.9 Å². The summed E-state index contributed by atoms with van der Waals surface area (Å²) in [7, 11) is 1.50. The zero-order valence-corrected chi connectivity index (χ0v) is 17.0. The van der Waals surface area contributed by atoms with Gasteiger partial charge in [0, 0.05) is 0 Å². The van der Waals surface area contributed by atoms with Crippen LogP contribution >= 0.6 is 0 Å². The molecule has 4 rings (SSSR count). The number of ketones is 1. The first-order chi connectivity index (χ1) is 15.0. The molecule has 1 N–H and O–H groups in total. The Bertz CT molecular complexity index is 1110. The van der Waals surface area contributed by atoms with Crippen molar-refractivity contribution in [1.82, 2.24) is 4.90 Å². The van der Waals surface area contributed by atoms with E-state index in [0.717, 1.165) is 0 Å². The molecule has 1 aromatic carbocycles. The molecule has 8 nitrogen and oxygen atoms in total. The smallest absolute Gasteiger partial charge is 0.290 e. The average molecular weight is 423 g/mol. The van der Waals surface area contributed by atoms with E-state index in [1.54, 1.807) is 36.4 Å². The Kier molecular flexibility index (Phi) is 5.53. The van der Waals surface area contributed by atoms with Gasteiger partial charge in [-0.2, -0.15) is 0 Å². The van der Waals surface area contributed by atoms with E-state index in [4.69, 9.17) is 18.3 Å². The van der Waals surface area contributed by atoms with E-state index >= 15 is 0 Å². The van der Waals surface area contributed by atoms with Crippen LogP contribution in [0.1, 0.15) is 34.8 Å². The topological polar surface area (TPSA) is 102 Å². The zero-order chi connectivity index (χ0) is 22.0. The fraction of sp³-hybridized carbons (Fsp3) is 0.217. The number of carbonyl (C=O) groups is 2. The van der Waals surface area contributed by atoms with Gasteiger partial charge in [0.1, 0.15) is 5.76 Å². The van der Waals surface area contributed by atoms with Crippen LogP contribution in [0.25, 0.3) is 0 Å². The Labute approximate surface area is 178 Å². The Hall–Kier alpha value is -3.94. The number of nitrogens with zero attached hydrogens (tertiary/aromatic N) is 1. The number of carbonyl (C=O) groups excluding carboxylic acids is 2. The lowest BCUT2D eigenvalue weighted by atomic mass is 9.94. The van der Waals surface area contributed by atoms with Crippen molar-refractivity contribution in [2.24, 2.45) is 0 Å². The largest absolute Gasteiger partial charge is 0.503 e. The second-order valence-corrected chi connectivity index (χ2v) is 6.83. The second kappa shape index (κ2) is 8.43. The minimum absolute atomic E-state index is 0.0251. The van der Waals surface area contributed by atoms with Crippen LogP contribution in [0.15, 0.2) is 75.2 Å². The summed E-state index contributed by atoms with van der Waals surface area (Å²) >= 11 is 0. The number of benzene rings is 1. The minimum atomic E-state index is -0.875. The third-order valence-electron chi connectivity index (χ3n) is 5.00. The van der Waals surface area contributed by atoms with Gasteiger partial charge < -0.3 is 28.3 Å². The highest BCUT2D eigenvalue weighted by Crippen LogP contribution is 2.42. The van der Waals surface area contributed by atoms with E-state index in [9.17, 15) is 14.7 Å². The second-order valence-electron chi connectivity index (χ2n) is 6.83. The van der Waals surface area contributed by atoms with Gasteiger partial charge in [-0.25, -0.2) is 0 Å². The first kappa shape index (κ1) is 20.3. The van der Waals surface area contributed by atoms with Crippen molar-refractivity contribution in [3.05, 3.63) is 83.4 Å². The average Bonchev–Trinajstić information content (AvgIpc) is 3.53. The number of hydrogen-bond acceptors (Lipinski definition) is 7. The monoisotopic (exact) mass is 423 g/mol. The van der Waals surface area contributed by atoms with Crippen LogP contribution in [0.2, 0.25) is 0 Å². The fourth-order valence-electron chi connectivity index (χ4n) is 3.64. The molecule has 1 amide bonds. The normalized spacial score (nSPS) is 16.1. The van der Waals surface area contributed by atoms with E-state index in [2.05, 4.69) is 0 Å². The van der Waals surface area contributed by atoms with Crippen molar-refractivity contribution in [3.63, 3.8) is 0 Å². The molecule has 1 aliphatic heterocycles. The lowest BCUT2D eigenvalue weighted by molar-refractivity contribution is -0.130. The van der Waals surface area contributed by atoms with Crippen molar-refractivity contribution in [3.8, 4) is 11.5 Å². The highest BCUT2D eigenvalue weighted by molar-refractivity contribution is 6.15. The molecule has 0 bridgehead atoms. The Morgan fingerprint density at radius 2 is 1.90 bits per heavy atom. The number of hydrogen-bond donors (Lipinski definition) is 1. The number of aliphatic hydroxyl groups excluding tert-OH is 1. The highest BCUT2D eigenvalue weighted by atomic mass is 16.5. The van der Waals surface area contributed by atoms with Crippen molar-refractivity contribution in [2.75, 3.05) is 13.7 Å². The molecule has 0 saturated heterocycles. The van der Waals surface area contributed by atoms with Crippen LogP contribution in [0.4, 0.5) is 0 Å². The van der Waals surface area contributed by atoms with E-state index < -0.39 is 23.5 Å². The first-order valence-corrected chi connectivity index (χ1v) is 9.70. The van der Waals surface area contributed by atoms with Crippen LogP contribution in [-0.4, -0.2) is 35.4 Å². The molecule has 1 atom stereocenters. The molecule has 3 aromatic rings. The molecule has 1 aliphatic rings. The molecule has 160 valence electrons. The Morgan fingerprint density at radius 1 is 1.13 bits per heavy atom. The predicted molar refractivity (Wildman–Crippen MR) is 109 cm³/mol. The fourth-order valence-corrected chi connectivity index (χ4v) is 3.64. The maximum atomic E-state index is 13.1. The summed E-state index contributed by atoms with van der Waals surface area (Å²) in [5.41, 5.74) is 0.497. The third kappa shape index (κ3) is 3.68. The highest BCUT2D eigenvalue weighted by Gasteiger charge is 2.45. The molecule has 31 heavy (non-hydrogen) atoms. The Morgan fingerprint density at radius 3 is 2.55 bits per heavy atom. The van der Waals surface area contributed by atoms with E-state index in [1.165, 1.54) is 30.6 Å². The summed E-state index contributed by atoms with van der Waals surface area (Å²) in [4.78, 5) is 27.5. The molecule has 3 heterocycles. The number of aliphatic hydroxyl groups is 1. The molecule has 1 unspecified atom stereocenters. The number of rotatable bonds is 8.